The van der Waals surface area contributed by atoms with Crippen LogP contribution in [0, 0.1) is 23.7 Å². The third-order valence-corrected chi connectivity index (χ3v) is 5.97. The molecule has 2 N–H and O–H groups in total. The summed E-state index contributed by atoms with van der Waals surface area (Å²) in [6, 6.07) is 0. The van der Waals surface area contributed by atoms with Crippen molar-refractivity contribution in [2.75, 3.05) is 26.2 Å². The number of aliphatic hydroxyl groups is 1. The SMILES string of the molecule is CC1CC[NH+](C[C@@H](O)CO[C@@H]2C[C@H](C)CC[C@@H]2C(C)C)CC1. The molecule has 0 unspecified atom stereocenters. The number of rotatable bonds is 6. The molecule has 1 heterocycles. The topological polar surface area (TPSA) is 33.9 Å². The van der Waals surface area contributed by atoms with Crippen LogP contribution in [0.3, 0.4) is 0 Å². The minimum Gasteiger partial charge on any atom is -0.385 e. The Labute approximate surface area is 137 Å². The van der Waals surface area contributed by atoms with Gasteiger partial charge in [-0.3, -0.25) is 0 Å². The van der Waals surface area contributed by atoms with E-state index < -0.39 is 0 Å². The second-order valence-electron chi connectivity index (χ2n) is 8.49. The largest absolute Gasteiger partial charge is 0.385 e. The molecule has 1 saturated heterocycles. The molecular weight excluding hydrogens is 274 g/mol. The van der Waals surface area contributed by atoms with Gasteiger partial charge in [0.1, 0.15) is 12.6 Å². The highest BCUT2D eigenvalue weighted by Gasteiger charge is 2.32. The van der Waals surface area contributed by atoms with Gasteiger partial charge in [0.2, 0.25) is 0 Å². The molecule has 2 aliphatic rings. The van der Waals surface area contributed by atoms with Crippen LogP contribution in [0.5, 0.6) is 0 Å². The minimum atomic E-state index is -0.298. The molecule has 2 rings (SSSR count). The third-order valence-electron chi connectivity index (χ3n) is 5.97. The van der Waals surface area contributed by atoms with Crippen LogP contribution < -0.4 is 4.90 Å². The lowest BCUT2D eigenvalue weighted by atomic mass is 9.75. The van der Waals surface area contributed by atoms with Crippen molar-refractivity contribution in [1.82, 2.24) is 0 Å². The fourth-order valence-electron chi connectivity index (χ4n) is 4.31. The molecule has 2 fully saturated rings. The fourth-order valence-corrected chi connectivity index (χ4v) is 4.31. The molecule has 0 spiro atoms. The first kappa shape index (κ1) is 18.2. The highest BCUT2D eigenvalue weighted by Crippen LogP contribution is 2.35. The van der Waals surface area contributed by atoms with E-state index in [0.717, 1.165) is 18.4 Å². The van der Waals surface area contributed by atoms with Gasteiger partial charge in [0.05, 0.1) is 25.8 Å². The predicted molar refractivity (Wildman–Crippen MR) is 91.1 cm³/mol. The molecule has 1 saturated carbocycles. The number of ether oxygens (including phenoxy) is 1. The van der Waals surface area contributed by atoms with Gasteiger partial charge in [0, 0.05) is 0 Å². The fraction of sp³-hybridized carbons (Fsp3) is 1.00. The van der Waals surface area contributed by atoms with Crippen molar-refractivity contribution in [3.8, 4) is 0 Å². The zero-order valence-electron chi connectivity index (χ0n) is 15.2. The summed E-state index contributed by atoms with van der Waals surface area (Å²) in [6.07, 6.45) is 6.46. The van der Waals surface area contributed by atoms with Crippen LogP contribution >= 0.6 is 0 Å². The van der Waals surface area contributed by atoms with Gasteiger partial charge in [-0.15, -0.1) is 0 Å². The number of hydrogen-bond acceptors (Lipinski definition) is 2. The van der Waals surface area contributed by atoms with Gasteiger partial charge in [0.15, 0.2) is 0 Å². The van der Waals surface area contributed by atoms with Crippen molar-refractivity contribution >= 4 is 0 Å². The van der Waals surface area contributed by atoms with E-state index >= 15 is 0 Å². The van der Waals surface area contributed by atoms with Crippen LogP contribution in [0.15, 0.2) is 0 Å². The molecule has 0 aromatic heterocycles. The second kappa shape index (κ2) is 8.65. The number of aliphatic hydroxyl groups excluding tert-OH is 1. The molecule has 0 amide bonds. The zero-order valence-corrected chi connectivity index (χ0v) is 15.2. The summed E-state index contributed by atoms with van der Waals surface area (Å²) in [6.45, 7) is 13.1. The van der Waals surface area contributed by atoms with Crippen LogP contribution in [0.25, 0.3) is 0 Å². The van der Waals surface area contributed by atoms with Crippen LogP contribution in [0.2, 0.25) is 0 Å². The molecule has 0 bridgehead atoms. The standard InChI is InChI=1S/C19H37NO2/c1-14(2)18-6-5-16(4)11-19(18)22-13-17(21)12-20-9-7-15(3)8-10-20/h14-19,21H,5-13H2,1-4H3/p+1/t16-,17-,18-,19-/m1/s1. The van der Waals surface area contributed by atoms with Gasteiger partial charge in [-0.25, -0.2) is 0 Å². The Morgan fingerprint density at radius 3 is 2.36 bits per heavy atom. The molecule has 3 nitrogen and oxygen atoms in total. The van der Waals surface area contributed by atoms with Crippen LogP contribution in [0.1, 0.15) is 59.8 Å². The monoisotopic (exact) mass is 312 g/mol. The molecule has 1 aliphatic carbocycles. The first-order valence-electron chi connectivity index (χ1n) is 9.59. The van der Waals surface area contributed by atoms with Crippen LogP contribution in [0.4, 0.5) is 0 Å². The number of likely N-dealkylation sites (tertiary alicyclic amines) is 1. The number of hydrogen-bond donors (Lipinski definition) is 2. The van der Waals surface area contributed by atoms with Gasteiger partial charge >= 0.3 is 0 Å². The normalized spacial score (nSPS) is 38.2. The Balaban J connectivity index is 1.73. The first-order chi connectivity index (χ1) is 10.5. The lowest BCUT2D eigenvalue weighted by Gasteiger charge is -2.37. The Morgan fingerprint density at radius 2 is 1.73 bits per heavy atom. The van der Waals surface area contributed by atoms with E-state index in [2.05, 4.69) is 27.7 Å². The number of piperidine rings is 1. The molecule has 130 valence electrons. The van der Waals surface area contributed by atoms with E-state index in [1.165, 1.54) is 45.2 Å². The summed E-state index contributed by atoms with van der Waals surface area (Å²) >= 11 is 0. The van der Waals surface area contributed by atoms with E-state index in [-0.39, 0.29) is 6.10 Å². The summed E-state index contributed by atoms with van der Waals surface area (Å²) in [5.74, 6) is 2.99. The van der Waals surface area contributed by atoms with Crippen LogP contribution in [-0.4, -0.2) is 43.6 Å². The van der Waals surface area contributed by atoms with Crippen LogP contribution in [-0.2, 0) is 4.74 Å². The minimum absolute atomic E-state index is 0.298. The quantitative estimate of drug-likeness (QED) is 0.788. The Kier molecular flexibility index (Phi) is 7.17. The van der Waals surface area contributed by atoms with E-state index in [0.29, 0.717) is 24.5 Å². The second-order valence-corrected chi connectivity index (χ2v) is 8.49. The molecule has 1 aliphatic heterocycles. The molecule has 3 heteroatoms. The molecule has 22 heavy (non-hydrogen) atoms. The Morgan fingerprint density at radius 1 is 1.05 bits per heavy atom. The molecule has 0 aromatic rings. The van der Waals surface area contributed by atoms with Gasteiger partial charge in [0.25, 0.3) is 0 Å². The molecule has 4 atom stereocenters. The average Bonchev–Trinajstić information content (AvgIpc) is 2.47. The Bertz CT molecular complexity index is 313. The third kappa shape index (κ3) is 5.50. The summed E-state index contributed by atoms with van der Waals surface area (Å²) < 4.78 is 6.19. The number of nitrogens with one attached hydrogen (secondary N) is 1. The van der Waals surface area contributed by atoms with E-state index in [1.807, 2.05) is 0 Å². The van der Waals surface area contributed by atoms with Crippen molar-refractivity contribution in [2.24, 2.45) is 23.7 Å². The molecule has 0 radical (unpaired) electrons. The number of quaternary nitrogens is 1. The van der Waals surface area contributed by atoms with Crippen molar-refractivity contribution in [2.45, 2.75) is 72.0 Å². The maximum Gasteiger partial charge on any atom is 0.126 e. The average molecular weight is 313 g/mol. The van der Waals surface area contributed by atoms with Crippen molar-refractivity contribution in [1.29, 1.82) is 0 Å². The first-order valence-corrected chi connectivity index (χ1v) is 9.59. The molecule has 0 aromatic carbocycles. The predicted octanol–water partition coefficient (Wildman–Crippen LogP) is 2.14. The van der Waals surface area contributed by atoms with Gasteiger partial charge < -0.3 is 14.7 Å². The van der Waals surface area contributed by atoms with Crippen molar-refractivity contribution in [3.05, 3.63) is 0 Å². The summed E-state index contributed by atoms with van der Waals surface area (Å²) in [4.78, 5) is 1.56. The molecular formula is C19H38NO2+. The maximum absolute atomic E-state index is 10.3. The van der Waals surface area contributed by atoms with E-state index in [4.69, 9.17) is 4.74 Å². The zero-order chi connectivity index (χ0) is 16.1. The van der Waals surface area contributed by atoms with Gasteiger partial charge in [-0.1, -0.05) is 34.1 Å². The summed E-state index contributed by atoms with van der Waals surface area (Å²) in [5, 5.41) is 10.3. The van der Waals surface area contributed by atoms with Gasteiger partial charge in [-0.2, -0.15) is 0 Å². The summed E-state index contributed by atoms with van der Waals surface area (Å²) in [5.41, 5.74) is 0. The lowest BCUT2D eigenvalue weighted by Crippen LogP contribution is -3.14. The summed E-state index contributed by atoms with van der Waals surface area (Å²) in [7, 11) is 0. The highest BCUT2D eigenvalue weighted by atomic mass is 16.5. The van der Waals surface area contributed by atoms with Crippen molar-refractivity contribution < 1.29 is 14.7 Å². The Hall–Kier alpha value is -0.120. The maximum atomic E-state index is 10.3. The van der Waals surface area contributed by atoms with Crippen molar-refractivity contribution in [3.63, 3.8) is 0 Å². The highest BCUT2D eigenvalue weighted by molar-refractivity contribution is 4.81. The van der Waals surface area contributed by atoms with E-state index in [1.54, 1.807) is 4.90 Å². The smallest absolute Gasteiger partial charge is 0.126 e. The van der Waals surface area contributed by atoms with Gasteiger partial charge in [-0.05, 0) is 49.4 Å². The lowest BCUT2D eigenvalue weighted by molar-refractivity contribution is -0.909. The van der Waals surface area contributed by atoms with E-state index in [9.17, 15) is 5.11 Å².